The van der Waals surface area contributed by atoms with Gasteiger partial charge in [0.05, 0.1) is 4.34 Å². The molecule has 0 bridgehead atoms. The maximum atomic E-state index is 5.85. The minimum absolute atomic E-state index is 0.580. The molecule has 0 fully saturated rings. The molecule has 3 heteroatoms. The zero-order valence-corrected chi connectivity index (χ0v) is 10.6. The molecule has 1 aromatic heterocycles. The quantitative estimate of drug-likeness (QED) is 0.810. The summed E-state index contributed by atoms with van der Waals surface area (Å²) in [6.07, 6.45) is 1.22. The van der Waals surface area contributed by atoms with Gasteiger partial charge in [0, 0.05) is 17.5 Å². The lowest BCUT2D eigenvalue weighted by molar-refractivity contribution is 0.443. The van der Waals surface area contributed by atoms with E-state index >= 15 is 0 Å². The molecule has 0 saturated heterocycles. The number of hydrogen-bond donors (Lipinski definition) is 1. The predicted octanol–water partition coefficient (Wildman–Crippen LogP) is 3.93. The Labute approximate surface area is 95.5 Å². The van der Waals surface area contributed by atoms with Gasteiger partial charge in [-0.25, -0.2) is 0 Å². The smallest absolute Gasteiger partial charge is 0.0931 e. The fourth-order valence-electron chi connectivity index (χ4n) is 1.51. The molecular formula is C11H18ClNS. The van der Waals surface area contributed by atoms with Gasteiger partial charge in [0.15, 0.2) is 0 Å². The van der Waals surface area contributed by atoms with E-state index in [-0.39, 0.29) is 0 Å². The minimum atomic E-state index is 0.580. The van der Waals surface area contributed by atoms with Crippen LogP contribution < -0.4 is 5.32 Å². The van der Waals surface area contributed by atoms with Crippen LogP contribution in [0.25, 0.3) is 0 Å². The first-order valence-electron chi connectivity index (χ1n) is 5.05. The average molecular weight is 232 g/mol. The van der Waals surface area contributed by atoms with Crippen molar-refractivity contribution in [2.45, 2.75) is 39.8 Å². The molecule has 0 amide bonds. The Morgan fingerprint density at radius 2 is 2.07 bits per heavy atom. The van der Waals surface area contributed by atoms with Crippen LogP contribution in [0.5, 0.6) is 0 Å². The zero-order valence-electron chi connectivity index (χ0n) is 9.01. The number of nitrogens with one attached hydrogen (secondary N) is 1. The molecule has 1 nitrogen and oxygen atoms in total. The SMILES string of the molecule is CC(C)CC(C)NCc1ccc(Cl)s1. The second-order valence-corrected chi connectivity index (χ2v) is 5.92. The largest absolute Gasteiger partial charge is 0.309 e. The van der Waals surface area contributed by atoms with Crippen molar-refractivity contribution >= 4 is 22.9 Å². The maximum absolute atomic E-state index is 5.85. The summed E-state index contributed by atoms with van der Waals surface area (Å²) in [4.78, 5) is 1.31. The van der Waals surface area contributed by atoms with Gasteiger partial charge >= 0.3 is 0 Å². The zero-order chi connectivity index (χ0) is 10.6. The molecule has 1 N–H and O–H groups in total. The Kier molecular flexibility index (Phi) is 4.93. The second kappa shape index (κ2) is 5.74. The fraction of sp³-hybridized carbons (Fsp3) is 0.636. The summed E-state index contributed by atoms with van der Waals surface area (Å²) < 4.78 is 0.873. The Morgan fingerprint density at radius 1 is 1.36 bits per heavy atom. The van der Waals surface area contributed by atoms with Crippen molar-refractivity contribution in [2.75, 3.05) is 0 Å². The van der Waals surface area contributed by atoms with E-state index in [1.165, 1.54) is 11.3 Å². The van der Waals surface area contributed by atoms with Crippen LogP contribution in [0.2, 0.25) is 4.34 Å². The number of hydrogen-bond acceptors (Lipinski definition) is 2. The van der Waals surface area contributed by atoms with Crippen molar-refractivity contribution in [3.63, 3.8) is 0 Å². The molecule has 1 unspecified atom stereocenters. The van der Waals surface area contributed by atoms with Crippen molar-refractivity contribution < 1.29 is 0 Å². The lowest BCUT2D eigenvalue weighted by Gasteiger charge is -2.14. The normalized spacial score (nSPS) is 13.5. The summed E-state index contributed by atoms with van der Waals surface area (Å²) in [7, 11) is 0. The molecule has 0 aromatic carbocycles. The number of thiophene rings is 1. The maximum Gasteiger partial charge on any atom is 0.0931 e. The highest BCUT2D eigenvalue weighted by Gasteiger charge is 2.05. The molecular weight excluding hydrogens is 214 g/mol. The summed E-state index contributed by atoms with van der Waals surface area (Å²) in [5.41, 5.74) is 0. The molecule has 14 heavy (non-hydrogen) atoms. The predicted molar refractivity (Wildman–Crippen MR) is 65.1 cm³/mol. The third kappa shape index (κ3) is 4.45. The van der Waals surface area contributed by atoms with Crippen molar-refractivity contribution in [3.8, 4) is 0 Å². The third-order valence-corrected chi connectivity index (χ3v) is 3.31. The Bertz CT molecular complexity index is 270. The van der Waals surface area contributed by atoms with Crippen molar-refractivity contribution in [3.05, 3.63) is 21.3 Å². The summed E-state index contributed by atoms with van der Waals surface area (Å²) in [6.45, 7) is 7.67. The van der Waals surface area contributed by atoms with Crippen LogP contribution in [-0.4, -0.2) is 6.04 Å². The van der Waals surface area contributed by atoms with E-state index in [1.807, 2.05) is 6.07 Å². The first kappa shape index (κ1) is 12.0. The summed E-state index contributed by atoms with van der Waals surface area (Å²) in [5.74, 6) is 0.754. The lowest BCUT2D eigenvalue weighted by atomic mass is 10.1. The topological polar surface area (TPSA) is 12.0 Å². The molecule has 0 saturated carbocycles. The van der Waals surface area contributed by atoms with E-state index in [0.717, 1.165) is 16.8 Å². The highest BCUT2D eigenvalue weighted by Crippen LogP contribution is 2.21. The summed E-state index contributed by atoms with van der Waals surface area (Å²) >= 11 is 7.50. The fourth-order valence-corrected chi connectivity index (χ4v) is 2.55. The van der Waals surface area contributed by atoms with Crippen LogP contribution in [-0.2, 0) is 6.54 Å². The molecule has 80 valence electrons. The van der Waals surface area contributed by atoms with E-state index in [1.54, 1.807) is 11.3 Å². The molecule has 0 aliphatic heterocycles. The first-order valence-corrected chi connectivity index (χ1v) is 6.25. The molecule has 0 aliphatic carbocycles. The molecule has 0 spiro atoms. The van der Waals surface area contributed by atoms with Gasteiger partial charge in [-0.05, 0) is 31.4 Å². The van der Waals surface area contributed by atoms with Crippen LogP contribution in [0, 0.1) is 5.92 Å². The molecule has 0 radical (unpaired) electrons. The van der Waals surface area contributed by atoms with E-state index in [2.05, 4.69) is 32.2 Å². The van der Waals surface area contributed by atoms with Gasteiger partial charge in [0.25, 0.3) is 0 Å². The van der Waals surface area contributed by atoms with Gasteiger partial charge in [-0.3, -0.25) is 0 Å². The second-order valence-electron chi connectivity index (χ2n) is 4.12. The summed E-state index contributed by atoms with van der Waals surface area (Å²) in [5, 5.41) is 3.50. The summed E-state index contributed by atoms with van der Waals surface area (Å²) in [6, 6.07) is 4.62. The van der Waals surface area contributed by atoms with Crippen molar-refractivity contribution in [1.29, 1.82) is 0 Å². The van der Waals surface area contributed by atoms with E-state index in [9.17, 15) is 0 Å². The Balaban J connectivity index is 2.26. The highest BCUT2D eigenvalue weighted by atomic mass is 35.5. The Hall–Kier alpha value is -0.0500. The van der Waals surface area contributed by atoms with Crippen LogP contribution in [0.15, 0.2) is 12.1 Å². The van der Waals surface area contributed by atoms with Crippen LogP contribution >= 0.6 is 22.9 Å². The van der Waals surface area contributed by atoms with Crippen LogP contribution in [0.1, 0.15) is 32.1 Å². The van der Waals surface area contributed by atoms with E-state index in [4.69, 9.17) is 11.6 Å². The van der Waals surface area contributed by atoms with Crippen molar-refractivity contribution in [2.24, 2.45) is 5.92 Å². The molecule has 1 rings (SSSR count). The lowest BCUT2D eigenvalue weighted by Crippen LogP contribution is -2.26. The van der Waals surface area contributed by atoms with Gasteiger partial charge in [-0.1, -0.05) is 25.4 Å². The van der Waals surface area contributed by atoms with E-state index < -0.39 is 0 Å². The molecule has 1 atom stereocenters. The Morgan fingerprint density at radius 3 is 2.57 bits per heavy atom. The molecule has 0 aliphatic rings. The van der Waals surface area contributed by atoms with Gasteiger partial charge in [-0.2, -0.15) is 0 Å². The highest BCUT2D eigenvalue weighted by molar-refractivity contribution is 7.16. The van der Waals surface area contributed by atoms with Crippen LogP contribution in [0.4, 0.5) is 0 Å². The third-order valence-electron chi connectivity index (χ3n) is 2.08. The van der Waals surface area contributed by atoms with Crippen LogP contribution in [0.3, 0.4) is 0 Å². The van der Waals surface area contributed by atoms with Gasteiger partial charge in [0.1, 0.15) is 0 Å². The van der Waals surface area contributed by atoms with E-state index in [0.29, 0.717) is 6.04 Å². The van der Waals surface area contributed by atoms with Crippen molar-refractivity contribution in [1.82, 2.24) is 5.32 Å². The number of rotatable bonds is 5. The molecule has 1 aromatic rings. The number of halogens is 1. The monoisotopic (exact) mass is 231 g/mol. The molecule has 1 heterocycles. The minimum Gasteiger partial charge on any atom is -0.309 e. The van der Waals surface area contributed by atoms with Gasteiger partial charge in [0.2, 0.25) is 0 Å². The van der Waals surface area contributed by atoms with Gasteiger partial charge < -0.3 is 5.32 Å². The first-order chi connectivity index (χ1) is 6.58. The average Bonchev–Trinajstić information content (AvgIpc) is 2.47. The standard InChI is InChI=1S/C11H18ClNS/c1-8(2)6-9(3)13-7-10-4-5-11(12)14-10/h4-5,8-9,13H,6-7H2,1-3H3. The van der Waals surface area contributed by atoms with Gasteiger partial charge in [-0.15, -0.1) is 11.3 Å².